The number of ether oxygens (including phenoxy) is 1. The molecule has 1 aliphatic rings. The lowest BCUT2D eigenvalue weighted by molar-refractivity contribution is -0.158. The second kappa shape index (κ2) is 9.33. The summed E-state index contributed by atoms with van der Waals surface area (Å²) in [5.41, 5.74) is 1.75. The number of carbonyl (C=O) groups is 1. The Balaban J connectivity index is 1.52. The third kappa shape index (κ3) is 5.13. The number of halogens is 2. The number of amides is 1. The van der Waals surface area contributed by atoms with Crippen LogP contribution in [-0.2, 0) is 0 Å². The first-order valence-corrected chi connectivity index (χ1v) is 11.4. The van der Waals surface area contributed by atoms with Crippen molar-refractivity contribution in [2.24, 2.45) is 0 Å². The maximum atomic E-state index is 13.2. The molecule has 0 saturated carbocycles. The molecule has 4 rings (SSSR count). The van der Waals surface area contributed by atoms with E-state index in [-0.39, 0.29) is 17.7 Å². The molecule has 32 heavy (non-hydrogen) atoms. The molecule has 1 saturated heterocycles. The molecule has 0 bridgehead atoms. The van der Waals surface area contributed by atoms with Gasteiger partial charge in [0.2, 0.25) is 0 Å². The number of thiazole rings is 1. The lowest BCUT2D eigenvalue weighted by atomic mass is 10.2. The molecule has 1 aromatic carbocycles. The van der Waals surface area contributed by atoms with Crippen LogP contribution < -0.4 is 10.1 Å². The highest BCUT2D eigenvalue weighted by atomic mass is 32.1. The maximum absolute atomic E-state index is 13.2. The zero-order chi connectivity index (χ0) is 22.7. The van der Waals surface area contributed by atoms with E-state index in [9.17, 15) is 13.6 Å². The highest BCUT2D eigenvalue weighted by Crippen LogP contribution is 2.27. The smallest absolute Gasteiger partial charge is 0.394 e. The quantitative estimate of drug-likeness (QED) is 0.544. The lowest BCUT2D eigenvalue weighted by Gasteiger charge is -2.27. The molecule has 7 nitrogen and oxygen atoms in total. The molecule has 170 valence electrons. The average molecular weight is 462 g/mol. The highest BCUT2D eigenvalue weighted by Gasteiger charge is 2.28. The van der Waals surface area contributed by atoms with Crippen molar-refractivity contribution in [1.29, 1.82) is 0 Å². The molecule has 3 heterocycles. The summed E-state index contributed by atoms with van der Waals surface area (Å²) in [5.74, 6) is -0.00705. The molecule has 1 aliphatic heterocycles. The summed E-state index contributed by atoms with van der Waals surface area (Å²) in [6.45, 7) is 5.18. The molecule has 10 heteroatoms. The summed E-state index contributed by atoms with van der Waals surface area (Å²) in [5, 5.41) is 10.1. The minimum Gasteiger partial charge on any atom is -0.433 e. The maximum Gasteiger partial charge on any atom is 0.394 e. The minimum atomic E-state index is -3.27. The van der Waals surface area contributed by atoms with E-state index in [2.05, 4.69) is 27.1 Å². The van der Waals surface area contributed by atoms with Crippen LogP contribution in [0.5, 0.6) is 5.75 Å². The van der Waals surface area contributed by atoms with Crippen molar-refractivity contribution in [3.8, 4) is 22.0 Å². The molecule has 0 radical (unpaired) electrons. The number of carbonyl (C=O) groups excluding carboxylic acids is 1. The number of nitrogens with zero attached hydrogens (tertiary/aromatic N) is 4. The van der Waals surface area contributed by atoms with Gasteiger partial charge in [-0.2, -0.15) is 13.9 Å². The predicted octanol–water partition coefficient (Wildman–Crippen LogP) is 4.20. The van der Waals surface area contributed by atoms with E-state index in [0.717, 1.165) is 31.5 Å². The normalized spacial score (nSPS) is 16.3. The van der Waals surface area contributed by atoms with Crippen LogP contribution in [0.1, 0.15) is 37.2 Å². The SMILES string of the molecule is CCCN(C(=O)c1csc(-c2cnn(-c3cccc(OC(C)(F)F)c3)c2)n1)[C@H]1CCNC1. The molecular formula is C22H25F2N5O2S. The summed E-state index contributed by atoms with van der Waals surface area (Å²) in [6.07, 6.45) is 1.96. The molecule has 0 unspecified atom stereocenters. The summed E-state index contributed by atoms with van der Waals surface area (Å²) in [6, 6.07) is 6.51. The summed E-state index contributed by atoms with van der Waals surface area (Å²) < 4.78 is 32.5. The second-order valence-corrected chi connectivity index (χ2v) is 8.62. The van der Waals surface area contributed by atoms with Crippen LogP contribution in [0.15, 0.2) is 42.0 Å². The number of alkyl halides is 2. The summed E-state index contributed by atoms with van der Waals surface area (Å²) in [7, 11) is 0. The number of nitrogens with one attached hydrogen (secondary N) is 1. The molecule has 1 amide bonds. The van der Waals surface area contributed by atoms with Crippen molar-refractivity contribution in [2.75, 3.05) is 19.6 Å². The van der Waals surface area contributed by atoms with Crippen molar-refractivity contribution < 1.29 is 18.3 Å². The standard InChI is InChI=1S/C22H25F2N5O2S/c1-3-9-28(17-7-8-25-12-17)21(30)19-14-32-20(27-19)15-11-26-29(13-15)16-5-4-6-18(10-16)31-22(2,23)24/h4-6,10-11,13-14,17,25H,3,7-9,12H2,1-2H3/t17-/m0/s1. The Labute approximate surface area is 189 Å². The third-order valence-corrected chi connectivity index (χ3v) is 6.02. The molecule has 0 spiro atoms. The van der Waals surface area contributed by atoms with Gasteiger partial charge in [-0.15, -0.1) is 11.3 Å². The molecule has 1 fully saturated rings. The van der Waals surface area contributed by atoms with Gasteiger partial charge in [0, 0.05) is 49.3 Å². The van der Waals surface area contributed by atoms with E-state index >= 15 is 0 Å². The first kappa shape index (κ1) is 22.3. The van der Waals surface area contributed by atoms with Gasteiger partial charge in [-0.25, -0.2) is 9.67 Å². The van der Waals surface area contributed by atoms with Gasteiger partial charge in [0.1, 0.15) is 16.5 Å². The van der Waals surface area contributed by atoms with Gasteiger partial charge < -0.3 is 15.0 Å². The van der Waals surface area contributed by atoms with E-state index in [1.54, 1.807) is 34.6 Å². The van der Waals surface area contributed by atoms with Crippen LogP contribution in [-0.4, -0.2) is 57.4 Å². The first-order chi connectivity index (χ1) is 15.3. The second-order valence-electron chi connectivity index (χ2n) is 7.76. The number of hydrogen-bond donors (Lipinski definition) is 1. The third-order valence-electron chi connectivity index (χ3n) is 5.13. The fourth-order valence-corrected chi connectivity index (χ4v) is 4.49. The zero-order valence-electron chi connectivity index (χ0n) is 17.9. The first-order valence-electron chi connectivity index (χ1n) is 10.5. The molecule has 1 N–H and O–H groups in total. The van der Waals surface area contributed by atoms with Crippen LogP contribution >= 0.6 is 11.3 Å². The Kier molecular flexibility index (Phi) is 6.52. The van der Waals surface area contributed by atoms with Gasteiger partial charge in [-0.3, -0.25) is 4.79 Å². The van der Waals surface area contributed by atoms with E-state index in [0.29, 0.717) is 29.9 Å². The highest BCUT2D eigenvalue weighted by molar-refractivity contribution is 7.13. The monoisotopic (exact) mass is 461 g/mol. The van der Waals surface area contributed by atoms with Crippen molar-refractivity contribution in [1.82, 2.24) is 25.0 Å². The van der Waals surface area contributed by atoms with Crippen LogP contribution in [0.25, 0.3) is 16.3 Å². The predicted molar refractivity (Wildman–Crippen MR) is 119 cm³/mol. The van der Waals surface area contributed by atoms with Gasteiger partial charge in [0.05, 0.1) is 11.9 Å². The fourth-order valence-electron chi connectivity index (χ4n) is 3.72. The van der Waals surface area contributed by atoms with E-state index in [4.69, 9.17) is 0 Å². The number of aromatic nitrogens is 3. The van der Waals surface area contributed by atoms with Crippen molar-refractivity contribution in [2.45, 2.75) is 38.8 Å². The molecule has 3 aromatic rings. The van der Waals surface area contributed by atoms with Crippen LogP contribution in [0.3, 0.4) is 0 Å². The number of rotatable bonds is 8. The Hall–Kier alpha value is -2.85. The zero-order valence-corrected chi connectivity index (χ0v) is 18.7. The molecule has 2 aromatic heterocycles. The Morgan fingerprint density at radius 3 is 3.00 bits per heavy atom. The summed E-state index contributed by atoms with van der Waals surface area (Å²) in [4.78, 5) is 19.6. The largest absolute Gasteiger partial charge is 0.433 e. The fraction of sp³-hybridized carbons (Fsp3) is 0.409. The van der Waals surface area contributed by atoms with Crippen molar-refractivity contribution in [3.63, 3.8) is 0 Å². The average Bonchev–Trinajstić information content (AvgIpc) is 3.51. The minimum absolute atomic E-state index is 0.0478. The van der Waals surface area contributed by atoms with Crippen LogP contribution in [0, 0.1) is 0 Å². The van der Waals surface area contributed by atoms with Gasteiger partial charge in [0.25, 0.3) is 5.91 Å². The van der Waals surface area contributed by atoms with Gasteiger partial charge in [-0.1, -0.05) is 13.0 Å². The van der Waals surface area contributed by atoms with Gasteiger partial charge >= 0.3 is 6.11 Å². The number of hydrogen-bond acceptors (Lipinski definition) is 6. The number of benzene rings is 1. The van der Waals surface area contributed by atoms with E-state index in [1.807, 2.05) is 4.90 Å². The van der Waals surface area contributed by atoms with Crippen molar-refractivity contribution >= 4 is 17.2 Å². The lowest BCUT2D eigenvalue weighted by Crippen LogP contribution is -2.42. The van der Waals surface area contributed by atoms with Gasteiger partial charge in [-0.05, 0) is 31.5 Å². The molecule has 0 aliphatic carbocycles. The molecular weight excluding hydrogens is 436 g/mol. The Morgan fingerprint density at radius 1 is 1.44 bits per heavy atom. The Bertz CT molecular complexity index is 1070. The summed E-state index contributed by atoms with van der Waals surface area (Å²) >= 11 is 1.38. The van der Waals surface area contributed by atoms with Crippen LogP contribution in [0.4, 0.5) is 8.78 Å². The Morgan fingerprint density at radius 2 is 2.28 bits per heavy atom. The molecule has 1 atom stereocenters. The van der Waals surface area contributed by atoms with Crippen molar-refractivity contribution in [3.05, 3.63) is 47.7 Å². The van der Waals surface area contributed by atoms with Crippen LogP contribution in [0.2, 0.25) is 0 Å². The van der Waals surface area contributed by atoms with E-state index < -0.39 is 6.11 Å². The topological polar surface area (TPSA) is 72.3 Å². The van der Waals surface area contributed by atoms with Gasteiger partial charge in [0.15, 0.2) is 0 Å². The van der Waals surface area contributed by atoms with E-state index in [1.165, 1.54) is 23.5 Å².